The maximum Gasteiger partial charge on any atom is 0.249 e. The number of benzene rings is 1. The second kappa shape index (κ2) is 4.37. The minimum absolute atomic E-state index is 0.154. The zero-order valence-corrected chi connectivity index (χ0v) is 8.14. The number of nitrogens with two attached hydrogens (primary N) is 1. The van der Waals surface area contributed by atoms with E-state index in [4.69, 9.17) is 5.73 Å². The van der Waals surface area contributed by atoms with Crippen LogP contribution in [0.5, 0.6) is 0 Å². The second-order valence-electron chi connectivity index (χ2n) is 3.25. The van der Waals surface area contributed by atoms with Crippen molar-refractivity contribution in [1.29, 1.82) is 0 Å². The Morgan fingerprint density at radius 1 is 1.47 bits per heavy atom. The van der Waals surface area contributed by atoms with Crippen molar-refractivity contribution < 1.29 is 19.4 Å². The third-order valence-electron chi connectivity index (χ3n) is 2.22. The highest BCUT2D eigenvalue weighted by atomic mass is 19.1. The lowest BCUT2D eigenvalue weighted by Crippen LogP contribution is -2.34. The number of hydrogen-bond donors (Lipinski definition) is 3. The molecule has 0 fully saturated rings. The maximum absolute atomic E-state index is 13.1. The molecule has 0 aromatic heterocycles. The van der Waals surface area contributed by atoms with E-state index in [1.54, 1.807) is 0 Å². The third-order valence-corrected chi connectivity index (χ3v) is 2.22. The van der Waals surface area contributed by atoms with Gasteiger partial charge < -0.3 is 15.9 Å². The summed E-state index contributed by atoms with van der Waals surface area (Å²) in [4.78, 5) is 10.6. The highest BCUT2D eigenvalue weighted by Gasteiger charge is 2.25. The Labute approximate surface area is 86.1 Å². The lowest BCUT2D eigenvalue weighted by molar-refractivity contribution is -0.132. The van der Waals surface area contributed by atoms with Crippen LogP contribution in [-0.4, -0.2) is 22.2 Å². The van der Waals surface area contributed by atoms with E-state index in [9.17, 15) is 19.4 Å². The van der Waals surface area contributed by atoms with Crippen molar-refractivity contribution in [3.8, 4) is 0 Å². The van der Waals surface area contributed by atoms with Crippen molar-refractivity contribution in [1.82, 2.24) is 0 Å². The first-order valence-electron chi connectivity index (χ1n) is 4.35. The summed E-state index contributed by atoms with van der Waals surface area (Å²) in [6.45, 7) is 1.45. The Morgan fingerprint density at radius 3 is 2.60 bits per heavy atom. The fraction of sp³-hybridized carbons (Fsp3) is 0.300. The molecular formula is C10H12FNO3. The number of aliphatic hydroxyl groups is 2. The Bertz CT molecular complexity index is 381. The molecule has 2 unspecified atom stereocenters. The van der Waals surface area contributed by atoms with Gasteiger partial charge >= 0.3 is 0 Å². The van der Waals surface area contributed by atoms with E-state index in [1.807, 2.05) is 0 Å². The van der Waals surface area contributed by atoms with Gasteiger partial charge in [0.2, 0.25) is 5.91 Å². The van der Waals surface area contributed by atoms with Crippen LogP contribution < -0.4 is 5.73 Å². The number of halogens is 1. The number of amides is 1. The van der Waals surface area contributed by atoms with Gasteiger partial charge in [0, 0.05) is 0 Å². The van der Waals surface area contributed by atoms with Gasteiger partial charge in [0.25, 0.3) is 0 Å². The van der Waals surface area contributed by atoms with Crippen molar-refractivity contribution in [3.05, 3.63) is 35.1 Å². The van der Waals surface area contributed by atoms with E-state index < -0.39 is 23.9 Å². The summed E-state index contributed by atoms with van der Waals surface area (Å²) < 4.78 is 13.1. The molecule has 0 bridgehead atoms. The van der Waals surface area contributed by atoms with Crippen molar-refractivity contribution in [3.63, 3.8) is 0 Å². The number of primary amides is 1. The van der Waals surface area contributed by atoms with E-state index >= 15 is 0 Å². The zero-order valence-electron chi connectivity index (χ0n) is 8.14. The van der Waals surface area contributed by atoms with E-state index in [0.717, 1.165) is 0 Å². The molecule has 2 atom stereocenters. The molecule has 1 aromatic rings. The Kier molecular flexibility index (Phi) is 3.39. The molecule has 1 rings (SSSR count). The van der Waals surface area contributed by atoms with Crippen LogP contribution in [-0.2, 0) is 4.79 Å². The van der Waals surface area contributed by atoms with Crippen molar-refractivity contribution in [2.75, 3.05) is 0 Å². The van der Waals surface area contributed by atoms with Crippen LogP contribution in [0.15, 0.2) is 18.2 Å². The van der Waals surface area contributed by atoms with Crippen LogP contribution >= 0.6 is 0 Å². The lowest BCUT2D eigenvalue weighted by atomic mass is 9.99. The molecule has 5 heteroatoms. The minimum Gasteiger partial charge on any atom is -0.385 e. The molecule has 0 aliphatic heterocycles. The molecule has 4 nitrogen and oxygen atoms in total. The van der Waals surface area contributed by atoms with E-state index in [2.05, 4.69) is 0 Å². The normalized spacial score (nSPS) is 14.7. The minimum atomic E-state index is -1.73. The molecular weight excluding hydrogens is 201 g/mol. The van der Waals surface area contributed by atoms with Crippen molar-refractivity contribution in [2.24, 2.45) is 5.73 Å². The fourth-order valence-electron chi connectivity index (χ4n) is 1.27. The first-order valence-corrected chi connectivity index (χ1v) is 4.35. The smallest absolute Gasteiger partial charge is 0.249 e. The average Bonchev–Trinajstić information content (AvgIpc) is 2.20. The standard InChI is InChI=1S/C10H12FNO3/c1-5-6(3-2-4-7(5)11)8(13)9(14)10(12)15/h2-4,8-9,13-14H,1H3,(H2,12,15). The van der Waals surface area contributed by atoms with Gasteiger partial charge in [-0.2, -0.15) is 0 Å². The first kappa shape index (κ1) is 11.6. The lowest BCUT2D eigenvalue weighted by Gasteiger charge is -2.17. The van der Waals surface area contributed by atoms with Crippen LogP contribution in [0.1, 0.15) is 17.2 Å². The third kappa shape index (κ3) is 2.31. The summed E-state index contributed by atoms with van der Waals surface area (Å²) in [6.07, 6.45) is -3.23. The molecule has 0 radical (unpaired) electrons. The summed E-state index contributed by atoms with van der Waals surface area (Å²) in [5.41, 5.74) is 5.16. The summed E-state index contributed by atoms with van der Waals surface area (Å²) in [7, 11) is 0. The highest BCUT2D eigenvalue weighted by Crippen LogP contribution is 2.22. The quantitative estimate of drug-likeness (QED) is 0.661. The van der Waals surface area contributed by atoms with E-state index in [-0.39, 0.29) is 11.1 Å². The number of hydrogen-bond acceptors (Lipinski definition) is 3. The van der Waals surface area contributed by atoms with Gasteiger partial charge in [-0.1, -0.05) is 12.1 Å². The van der Waals surface area contributed by atoms with Gasteiger partial charge in [-0.05, 0) is 24.1 Å². The Balaban J connectivity index is 3.06. The first-order chi connectivity index (χ1) is 6.95. The van der Waals surface area contributed by atoms with E-state index in [1.165, 1.54) is 25.1 Å². The molecule has 0 heterocycles. The van der Waals surface area contributed by atoms with Gasteiger partial charge in [-0.15, -0.1) is 0 Å². The van der Waals surface area contributed by atoms with Crippen LogP contribution in [0.4, 0.5) is 4.39 Å². The molecule has 0 aliphatic rings. The van der Waals surface area contributed by atoms with Crippen molar-refractivity contribution in [2.45, 2.75) is 19.1 Å². The highest BCUT2D eigenvalue weighted by molar-refractivity contribution is 5.79. The number of rotatable bonds is 3. The van der Waals surface area contributed by atoms with Gasteiger partial charge in [0.1, 0.15) is 11.9 Å². The number of aliphatic hydroxyl groups excluding tert-OH is 2. The molecule has 1 aromatic carbocycles. The molecule has 0 saturated carbocycles. The maximum atomic E-state index is 13.1. The summed E-state index contributed by atoms with van der Waals surface area (Å²) in [5.74, 6) is -1.56. The van der Waals surface area contributed by atoms with Crippen LogP contribution in [0, 0.1) is 12.7 Å². The second-order valence-corrected chi connectivity index (χ2v) is 3.25. The summed E-state index contributed by atoms with van der Waals surface area (Å²) >= 11 is 0. The monoisotopic (exact) mass is 213 g/mol. The van der Waals surface area contributed by atoms with E-state index in [0.29, 0.717) is 0 Å². The van der Waals surface area contributed by atoms with Gasteiger partial charge in [0.05, 0.1) is 0 Å². The number of carbonyl (C=O) groups is 1. The average molecular weight is 213 g/mol. The number of carbonyl (C=O) groups excluding carboxylic acids is 1. The van der Waals surface area contributed by atoms with Crippen LogP contribution in [0.25, 0.3) is 0 Å². The summed E-state index contributed by atoms with van der Waals surface area (Å²) in [6, 6.07) is 4.03. The molecule has 0 saturated heterocycles. The predicted molar refractivity (Wildman–Crippen MR) is 51.3 cm³/mol. The van der Waals surface area contributed by atoms with Crippen LogP contribution in [0.3, 0.4) is 0 Å². The molecule has 0 spiro atoms. The topological polar surface area (TPSA) is 83.6 Å². The molecule has 1 amide bonds. The molecule has 15 heavy (non-hydrogen) atoms. The Morgan fingerprint density at radius 2 is 2.07 bits per heavy atom. The van der Waals surface area contributed by atoms with Gasteiger partial charge in [-0.3, -0.25) is 4.79 Å². The fourth-order valence-corrected chi connectivity index (χ4v) is 1.27. The van der Waals surface area contributed by atoms with Gasteiger partial charge in [0.15, 0.2) is 6.10 Å². The SMILES string of the molecule is Cc1c(F)cccc1C(O)C(O)C(N)=O. The van der Waals surface area contributed by atoms with Gasteiger partial charge in [-0.25, -0.2) is 4.39 Å². The molecule has 82 valence electrons. The molecule has 4 N–H and O–H groups in total. The summed E-state index contributed by atoms with van der Waals surface area (Å²) in [5, 5.41) is 18.8. The van der Waals surface area contributed by atoms with Crippen molar-refractivity contribution >= 4 is 5.91 Å². The Hall–Kier alpha value is -1.46. The zero-order chi connectivity index (χ0) is 11.6. The van der Waals surface area contributed by atoms with Crippen LogP contribution in [0.2, 0.25) is 0 Å². The largest absolute Gasteiger partial charge is 0.385 e. The molecule has 0 aliphatic carbocycles. The predicted octanol–water partition coefficient (Wildman–Crippen LogP) is 0.0137.